The van der Waals surface area contributed by atoms with Gasteiger partial charge in [-0.1, -0.05) is 55.5 Å². The molecule has 4 rings (SSSR count). The molecule has 0 fully saturated rings. The third-order valence-electron chi connectivity index (χ3n) is 6.10. The first-order valence-electron chi connectivity index (χ1n) is 11.3. The Bertz CT molecular complexity index is 1230. The van der Waals surface area contributed by atoms with Crippen LogP contribution < -0.4 is 10.6 Å². The van der Waals surface area contributed by atoms with Crippen molar-refractivity contribution in [1.29, 1.82) is 0 Å². The minimum absolute atomic E-state index is 0.0238. The number of fused-ring (bicyclic) bond motifs is 3. The van der Waals surface area contributed by atoms with Gasteiger partial charge in [0.05, 0.1) is 0 Å². The number of amides is 2. The standard InChI is InChI=1S/C27H26N2O6/c1-2-16(14-25(31)28-17-11-12-24(30)22(13-17)26(32)33)29-27(34)35-15-23-20-9-5-3-7-18(20)19-8-4-6-10-21(19)23/h3-13,16,23,30H,2,14-15H2,1H3,(H,28,31)(H,29,34)(H,32,33)/t16-/m0/s1. The van der Waals surface area contributed by atoms with Gasteiger partial charge in [0.25, 0.3) is 0 Å². The van der Waals surface area contributed by atoms with Crippen molar-refractivity contribution in [1.82, 2.24) is 5.32 Å². The van der Waals surface area contributed by atoms with Crippen LogP contribution in [-0.2, 0) is 9.53 Å². The van der Waals surface area contributed by atoms with E-state index in [-0.39, 0.29) is 35.9 Å². The number of hydrogen-bond acceptors (Lipinski definition) is 5. The summed E-state index contributed by atoms with van der Waals surface area (Å²) in [6, 6.07) is 19.4. The predicted octanol–water partition coefficient (Wildman–Crippen LogP) is 4.74. The van der Waals surface area contributed by atoms with Crippen LogP contribution in [0.3, 0.4) is 0 Å². The Morgan fingerprint density at radius 3 is 2.20 bits per heavy atom. The minimum Gasteiger partial charge on any atom is -0.507 e. The van der Waals surface area contributed by atoms with Crippen LogP contribution in [0.25, 0.3) is 11.1 Å². The molecule has 180 valence electrons. The molecule has 0 bridgehead atoms. The van der Waals surface area contributed by atoms with Crippen molar-refractivity contribution in [2.24, 2.45) is 0 Å². The second-order valence-electron chi connectivity index (χ2n) is 8.36. The molecular weight excluding hydrogens is 448 g/mol. The Kier molecular flexibility index (Phi) is 7.01. The number of carbonyl (C=O) groups is 3. The maximum Gasteiger partial charge on any atom is 0.407 e. The molecule has 3 aromatic rings. The number of alkyl carbamates (subject to hydrolysis) is 1. The normalized spacial score (nSPS) is 12.8. The van der Waals surface area contributed by atoms with Crippen molar-refractivity contribution >= 4 is 23.7 Å². The number of rotatable bonds is 8. The molecule has 4 N–H and O–H groups in total. The molecule has 3 aromatic carbocycles. The summed E-state index contributed by atoms with van der Waals surface area (Å²) >= 11 is 0. The number of aromatic carboxylic acids is 1. The number of nitrogens with one attached hydrogen (secondary N) is 2. The lowest BCUT2D eigenvalue weighted by Gasteiger charge is -2.19. The Hall–Kier alpha value is -4.33. The maximum absolute atomic E-state index is 12.5. The summed E-state index contributed by atoms with van der Waals surface area (Å²) in [5.41, 5.74) is 4.43. The molecular formula is C27H26N2O6. The van der Waals surface area contributed by atoms with E-state index in [1.54, 1.807) is 0 Å². The van der Waals surface area contributed by atoms with E-state index in [9.17, 15) is 19.5 Å². The van der Waals surface area contributed by atoms with Gasteiger partial charge >= 0.3 is 12.1 Å². The first-order valence-corrected chi connectivity index (χ1v) is 11.3. The van der Waals surface area contributed by atoms with E-state index in [1.165, 1.54) is 18.2 Å². The fraction of sp³-hybridized carbons (Fsp3) is 0.222. The minimum atomic E-state index is -1.30. The SMILES string of the molecule is CC[C@@H](CC(=O)Nc1ccc(O)c(C(=O)O)c1)NC(=O)OCC1c2ccccc2-c2ccccc21. The van der Waals surface area contributed by atoms with E-state index < -0.39 is 24.0 Å². The van der Waals surface area contributed by atoms with Crippen LogP contribution in [0, 0.1) is 0 Å². The highest BCUT2D eigenvalue weighted by Crippen LogP contribution is 2.44. The van der Waals surface area contributed by atoms with Crippen LogP contribution in [0.2, 0.25) is 0 Å². The summed E-state index contributed by atoms with van der Waals surface area (Å²) < 4.78 is 5.55. The lowest BCUT2D eigenvalue weighted by Crippen LogP contribution is -2.38. The van der Waals surface area contributed by atoms with E-state index in [0.717, 1.165) is 22.3 Å². The Morgan fingerprint density at radius 2 is 1.60 bits per heavy atom. The highest BCUT2D eigenvalue weighted by atomic mass is 16.5. The van der Waals surface area contributed by atoms with E-state index in [1.807, 2.05) is 43.3 Å². The molecule has 0 saturated carbocycles. The molecule has 35 heavy (non-hydrogen) atoms. The van der Waals surface area contributed by atoms with Gasteiger partial charge in [0, 0.05) is 24.1 Å². The van der Waals surface area contributed by atoms with Crippen molar-refractivity contribution in [3.63, 3.8) is 0 Å². The number of hydrogen-bond donors (Lipinski definition) is 4. The highest BCUT2D eigenvalue weighted by Gasteiger charge is 2.29. The molecule has 2 amide bonds. The molecule has 0 spiro atoms. The summed E-state index contributed by atoms with van der Waals surface area (Å²) in [7, 11) is 0. The number of benzene rings is 3. The monoisotopic (exact) mass is 474 g/mol. The van der Waals surface area contributed by atoms with Crippen LogP contribution >= 0.6 is 0 Å². The number of carboxylic acid groups (broad SMARTS) is 1. The summed E-state index contributed by atoms with van der Waals surface area (Å²) in [4.78, 5) is 36.2. The van der Waals surface area contributed by atoms with E-state index in [4.69, 9.17) is 9.84 Å². The highest BCUT2D eigenvalue weighted by molar-refractivity contribution is 5.95. The lowest BCUT2D eigenvalue weighted by atomic mass is 9.98. The van der Waals surface area contributed by atoms with Crippen molar-refractivity contribution in [2.75, 3.05) is 11.9 Å². The summed E-state index contributed by atoms with van der Waals surface area (Å²) in [5, 5.41) is 24.0. The quantitative estimate of drug-likeness (QED) is 0.350. The van der Waals surface area contributed by atoms with Crippen molar-refractivity contribution in [3.05, 3.63) is 83.4 Å². The van der Waals surface area contributed by atoms with Crippen molar-refractivity contribution < 1.29 is 29.3 Å². The van der Waals surface area contributed by atoms with Gasteiger partial charge < -0.3 is 25.6 Å². The van der Waals surface area contributed by atoms with Gasteiger partial charge in [0.15, 0.2) is 0 Å². The number of anilines is 1. The zero-order valence-corrected chi connectivity index (χ0v) is 19.2. The number of aromatic hydroxyl groups is 1. The molecule has 0 aliphatic heterocycles. The first-order chi connectivity index (χ1) is 16.9. The van der Waals surface area contributed by atoms with Gasteiger partial charge in [-0.3, -0.25) is 4.79 Å². The van der Waals surface area contributed by atoms with Gasteiger partial charge in [0.2, 0.25) is 5.91 Å². The van der Waals surface area contributed by atoms with E-state index in [2.05, 4.69) is 22.8 Å². The van der Waals surface area contributed by atoms with E-state index >= 15 is 0 Å². The van der Waals surface area contributed by atoms with Crippen molar-refractivity contribution in [3.8, 4) is 16.9 Å². The molecule has 1 atom stereocenters. The molecule has 1 aliphatic carbocycles. The molecule has 1 aliphatic rings. The Balaban J connectivity index is 1.34. The molecule has 0 saturated heterocycles. The zero-order chi connectivity index (χ0) is 24.9. The van der Waals surface area contributed by atoms with Crippen LogP contribution in [0.15, 0.2) is 66.7 Å². The Labute approximate surface area is 202 Å². The van der Waals surface area contributed by atoms with Gasteiger partial charge in [-0.15, -0.1) is 0 Å². The second kappa shape index (κ2) is 10.3. The molecule has 8 heteroatoms. The number of ether oxygens (including phenoxy) is 1. The fourth-order valence-electron chi connectivity index (χ4n) is 4.33. The van der Waals surface area contributed by atoms with Crippen LogP contribution in [0.1, 0.15) is 47.2 Å². The lowest BCUT2D eigenvalue weighted by molar-refractivity contribution is -0.116. The summed E-state index contributed by atoms with van der Waals surface area (Å²) in [6.07, 6.45) is -0.137. The fourth-order valence-corrected chi connectivity index (χ4v) is 4.33. The van der Waals surface area contributed by atoms with Gasteiger partial charge in [-0.25, -0.2) is 9.59 Å². The van der Waals surface area contributed by atoms with Crippen LogP contribution in [0.4, 0.5) is 10.5 Å². The number of phenols is 1. The van der Waals surface area contributed by atoms with Crippen molar-refractivity contribution in [2.45, 2.75) is 31.7 Å². The van der Waals surface area contributed by atoms with E-state index in [0.29, 0.717) is 6.42 Å². The smallest absolute Gasteiger partial charge is 0.407 e. The largest absolute Gasteiger partial charge is 0.507 e. The van der Waals surface area contributed by atoms with Gasteiger partial charge in [-0.2, -0.15) is 0 Å². The predicted molar refractivity (Wildman–Crippen MR) is 131 cm³/mol. The average Bonchev–Trinajstić information content (AvgIpc) is 3.17. The molecule has 0 unspecified atom stereocenters. The molecule has 0 heterocycles. The molecule has 0 radical (unpaired) electrons. The van der Waals surface area contributed by atoms with Crippen LogP contribution in [-0.4, -0.2) is 40.8 Å². The Morgan fingerprint density at radius 1 is 0.971 bits per heavy atom. The van der Waals surface area contributed by atoms with Gasteiger partial charge in [0.1, 0.15) is 17.9 Å². The zero-order valence-electron chi connectivity index (χ0n) is 19.2. The number of carboxylic acids is 1. The van der Waals surface area contributed by atoms with Gasteiger partial charge in [-0.05, 0) is 46.9 Å². The molecule has 0 aromatic heterocycles. The summed E-state index contributed by atoms with van der Waals surface area (Å²) in [6.45, 7) is 2.01. The topological polar surface area (TPSA) is 125 Å². The third-order valence-corrected chi connectivity index (χ3v) is 6.10. The third kappa shape index (κ3) is 5.27. The maximum atomic E-state index is 12.5. The first kappa shape index (κ1) is 23.8. The summed E-state index contributed by atoms with van der Waals surface area (Å²) in [5.74, 6) is -2.16. The second-order valence-corrected chi connectivity index (χ2v) is 8.36. The number of carbonyl (C=O) groups excluding carboxylic acids is 2. The molecule has 8 nitrogen and oxygen atoms in total. The average molecular weight is 475 g/mol. The van der Waals surface area contributed by atoms with Crippen LogP contribution in [0.5, 0.6) is 5.75 Å².